The van der Waals surface area contributed by atoms with Crippen molar-refractivity contribution < 1.29 is 0 Å². The molecule has 0 radical (unpaired) electrons. The van der Waals surface area contributed by atoms with Crippen LogP contribution in [0.2, 0.25) is 0 Å². The van der Waals surface area contributed by atoms with E-state index in [9.17, 15) is 0 Å². The van der Waals surface area contributed by atoms with Gasteiger partial charge in [-0.25, -0.2) is 9.97 Å². The molecule has 4 aliphatic carbocycles. The van der Waals surface area contributed by atoms with Gasteiger partial charge in [0.2, 0.25) is 0 Å². The summed E-state index contributed by atoms with van der Waals surface area (Å²) in [5.41, 5.74) is 27.6. The van der Waals surface area contributed by atoms with E-state index >= 15 is 0 Å². The van der Waals surface area contributed by atoms with Crippen molar-refractivity contribution in [3.63, 3.8) is 0 Å². The van der Waals surface area contributed by atoms with Crippen LogP contribution in [0.3, 0.4) is 0 Å². The fraction of sp³-hybridized carbons (Fsp3) is 0.0278. The third-order valence-electron chi connectivity index (χ3n) is 17.7. The number of benzene rings is 10. The minimum absolute atomic E-state index is 0.525. The van der Waals surface area contributed by atoms with Crippen LogP contribution in [-0.4, -0.2) is 19.1 Å². The zero-order valence-electron chi connectivity index (χ0n) is 41.0. The van der Waals surface area contributed by atoms with Crippen LogP contribution in [0.5, 0.6) is 0 Å². The highest BCUT2D eigenvalue weighted by Gasteiger charge is 2.54. The Morgan fingerprint density at radius 3 is 0.855 bits per heavy atom. The Morgan fingerprint density at radius 1 is 0.250 bits per heavy atom. The van der Waals surface area contributed by atoms with E-state index in [1.165, 1.54) is 88.7 Å². The van der Waals surface area contributed by atoms with E-state index in [1.54, 1.807) is 0 Å². The van der Waals surface area contributed by atoms with E-state index in [0.717, 1.165) is 67.0 Å². The van der Waals surface area contributed by atoms with Crippen molar-refractivity contribution >= 4 is 43.9 Å². The minimum atomic E-state index is -0.525. The molecule has 0 atom stereocenters. The molecular formula is C72H42N4. The summed E-state index contributed by atoms with van der Waals surface area (Å²) < 4.78 is 4.75. The smallest absolute Gasteiger partial charge is 0.145 e. The Bertz CT molecular complexity index is 4480. The normalized spacial score (nSPS) is 14.3. The van der Waals surface area contributed by atoms with Gasteiger partial charge in [-0.05, 0) is 126 Å². The van der Waals surface area contributed by atoms with Crippen molar-refractivity contribution in [2.24, 2.45) is 0 Å². The molecule has 0 unspecified atom stereocenters. The fourth-order valence-electron chi connectivity index (χ4n) is 14.8. The van der Waals surface area contributed by atoms with Gasteiger partial charge in [0.1, 0.15) is 11.3 Å². The Balaban J connectivity index is 0.772. The van der Waals surface area contributed by atoms with E-state index < -0.39 is 10.8 Å². The fourth-order valence-corrected chi connectivity index (χ4v) is 14.8. The molecule has 0 aliphatic heterocycles. The lowest BCUT2D eigenvalue weighted by Gasteiger charge is -2.29. The van der Waals surface area contributed by atoms with Gasteiger partial charge in [0.05, 0.1) is 33.3 Å². The Hall–Kier alpha value is -9.90. The Morgan fingerprint density at radius 2 is 0.526 bits per heavy atom. The largest absolute Gasteiger partial charge is 0.294 e. The maximum absolute atomic E-state index is 5.90. The Kier molecular flexibility index (Phi) is 7.71. The van der Waals surface area contributed by atoms with Gasteiger partial charge in [0, 0.05) is 44.0 Å². The van der Waals surface area contributed by atoms with Crippen LogP contribution >= 0.6 is 0 Å². The molecule has 0 amide bonds. The third kappa shape index (κ3) is 4.82. The molecule has 10 aromatic carbocycles. The van der Waals surface area contributed by atoms with Crippen LogP contribution in [0, 0.1) is 0 Å². The quantitative estimate of drug-likeness (QED) is 0.177. The lowest BCUT2D eigenvalue weighted by atomic mass is 9.72. The summed E-state index contributed by atoms with van der Waals surface area (Å²) in [6.45, 7) is 0. The molecule has 4 nitrogen and oxygen atoms in total. The van der Waals surface area contributed by atoms with Gasteiger partial charge in [-0.2, -0.15) is 0 Å². The van der Waals surface area contributed by atoms with Gasteiger partial charge in [-0.3, -0.25) is 9.13 Å². The summed E-state index contributed by atoms with van der Waals surface area (Å²) in [6, 6.07) is 94.3. The molecule has 18 rings (SSSR count). The zero-order valence-corrected chi connectivity index (χ0v) is 41.0. The topological polar surface area (TPSA) is 35.6 Å². The van der Waals surface area contributed by atoms with Gasteiger partial charge in [-0.15, -0.1) is 0 Å². The van der Waals surface area contributed by atoms with Crippen molar-refractivity contribution in [1.29, 1.82) is 0 Å². The standard InChI is InChI=1S/C72H42N4/c1-9-25-59-47(17-1)48-18-2-10-26-60(48)71(59)63-29-13-5-21-51(63)55-41-57-53-23-7-15-31-65(53)75(69(57)73-67(55)71)45-37-33-43(34-38-45)44-35-39-46(40-36-44)76-66-32-16-8-24-54(66)58-42-56-52-22-6-14-30-64(52)72(68(56)74-70(58)76)61-27-11-3-19-49(61)50-20-4-12-28-62(50)72/h1-42H. The Labute approximate surface area is 438 Å². The second-order valence-electron chi connectivity index (χ2n) is 21.1. The maximum atomic E-state index is 5.90. The molecule has 4 heteroatoms. The molecule has 2 spiro atoms. The molecule has 0 saturated carbocycles. The monoisotopic (exact) mass is 962 g/mol. The van der Waals surface area contributed by atoms with E-state index in [2.05, 4.69) is 264 Å². The van der Waals surface area contributed by atoms with E-state index in [4.69, 9.17) is 9.97 Å². The average molecular weight is 963 g/mol. The van der Waals surface area contributed by atoms with Gasteiger partial charge in [0.15, 0.2) is 0 Å². The number of nitrogens with zero attached hydrogens (tertiary/aromatic N) is 4. The summed E-state index contributed by atoms with van der Waals surface area (Å²) in [5, 5.41) is 4.70. The summed E-state index contributed by atoms with van der Waals surface area (Å²) in [4.78, 5) is 11.8. The number of fused-ring (bicyclic) bond motifs is 26. The van der Waals surface area contributed by atoms with Crippen LogP contribution in [0.4, 0.5) is 0 Å². The molecule has 4 aliphatic rings. The molecule has 0 bridgehead atoms. The maximum Gasteiger partial charge on any atom is 0.145 e. The van der Waals surface area contributed by atoms with Crippen LogP contribution in [0.1, 0.15) is 44.8 Å². The van der Waals surface area contributed by atoms with Crippen molar-refractivity contribution in [3.8, 4) is 67.0 Å². The van der Waals surface area contributed by atoms with Crippen LogP contribution < -0.4 is 0 Å². The summed E-state index contributed by atoms with van der Waals surface area (Å²) in [5.74, 6) is 0. The molecule has 4 heterocycles. The number of hydrogen-bond acceptors (Lipinski definition) is 2. The molecule has 76 heavy (non-hydrogen) atoms. The predicted octanol–water partition coefficient (Wildman–Crippen LogP) is 17.0. The van der Waals surface area contributed by atoms with Crippen LogP contribution in [0.15, 0.2) is 255 Å². The summed E-state index contributed by atoms with van der Waals surface area (Å²) in [6.07, 6.45) is 0. The summed E-state index contributed by atoms with van der Waals surface area (Å²) >= 11 is 0. The van der Waals surface area contributed by atoms with Crippen LogP contribution in [0.25, 0.3) is 111 Å². The highest BCUT2D eigenvalue weighted by atomic mass is 15.1. The second kappa shape index (κ2) is 14.4. The van der Waals surface area contributed by atoms with Crippen molar-refractivity contribution in [2.45, 2.75) is 10.8 Å². The first-order valence-electron chi connectivity index (χ1n) is 26.4. The van der Waals surface area contributed by atoms with E-state index in [0.29, 0.717) is 0 Å². The van der Waals surface area contributed by atoms with Gasteiger partial charge < -0.3 is 0 Å². The number of hydrogen-bond donors (Lipinski definition) is 0. The van der Waals surface area contributed by atoms with Crippen molar-refractivity contribution in [1.82, 2.24) is 19.1 Å². The predicted molar refractivity (Wildman–Crippen MR) is 309 cm³/mol. The highest BCUT2D eigenvalue weighted by Crippen LogP contribution is 2.64. The zero-order chi connectivity index (χ0) is 49.4. The molecular weight excluding hydrogens is 921 g/mol. The van der Waals surface area contributed by atoms with Gasteiger partial charge in [0.25, 0.3) is 0 Å². The van der Waals surface area contributed by atoms with Crippen LogP contribution in [-0.2, 0) is 10.8 Å². The lowest BCUT2D eigenvalue weighted by molar-refractivity contribution is 0.763. The first kappa shape index (κ1) is 40.6. The lowest BCUT2D eigenvalue weighted by Crippen LogP contribution is -2.27. The first-order chi connectivity index (χ1) is 37.7. The summed E-state index contributed by atoms with van der Waals surface area (Å²) in [7, 11) is 0. The molecule has 0 fully saturated rings. The first-order valence-corrected chi connectivity index (χ1v) is 26.4. The average Bonchev–Trinajstić information content (AvgIpc) is 4.44. The van der Waals surface area contributed by atoms with E-state index in [-0.39, 0.29) is 0 Å². The van der Waals surface area contributed by atoms with Gasteiger partial charge in [-0.1, -0.05) is 206 Å². The van der Waals surface area contributed by atoms with Crippen molar-refractivity contribution in [3.05, 3.63) is 300 Å². The molecule has 0 saturated heterocycles. The van der Waals surface area contributed by atoms with Crippen molar-refractivity contribution in [2.75, 3.05) is 0 Å². The number of aromatic nitrogens is 4. The molecule has 0 N–H and O–H groups in total. The third-order valence-corrected chi connectivity index (χ3v) is 17.7. The van der Waals surface area contributed by atoms with Gasteiger partial charge >= 0.3 is 0 Å². The minimum Gasteiger partial charge on any atom is -0.294 e. The number of rotatable bonds is 3. The number of pyridine rings is 2. The number of para-hydroxylation sites is 2. The second-order valence-corrected chi connectivity index (χ2v) is 21.1. The van der Waals surface area contributed by atoms with E-state index in [1.807, 2.05) is 0 Å². The molecule has 350 valence electrons. The SMILES string of the molecule is c1ccc2c(c1)-c1ccccc1C21c2ccccc2-c2cc3c4ccccc4n(-c4ccc(-c5ccc(-n6c7ccccc7c7cc8c(nc76)C6(c7ccccc7-c7ccccc76)c6ccccc6-8)cc5)cc4)c3nc21. The molecule has 4 aromatic heterocycles. The highest BCUT2D eigenvalue weighted by molar-refractivity contribution is 6.12. The molecule has 14 aromatic rings.